The molecule has 0 aromatic rings. The maximum atomic E-state index is 12.5. The number of nitrogens with two attached hydrogens (primary N) is 2. The highest BCUT2D eigenvalue weighted by molar-refractivity contribution is 5.94. The summed E-state index contributed by atoms with van der Waals surface area (Å²) >= 11 is 0. The number of aliphatic hydroxyl groups excluding tert-OH is 1. The first-order valence-electron chi connectivity index (χ1n) is 16.7. The number of unbranched alkanes of at least 4 members (excludes halogenated alkanes) is 12. The molecular weight excluding hydrogens is 564 g/mol. The van der Waals surface area contributed by atoms with Crippen LogP contribution in [0.1, 0.15) is 136 Å². The van der Waals surface area contributed by atoms with Crippen LogP contribution in [-0.4, -0.2) is 72.1 Å². The summed E-state index contributed by atoms with van der Waals surface area (Å²) < 4.78 is 0. The Bertz CT molecular complexity index is 862. The van der Waals surface area contributed by atoms with Gasteiger partial charge in [-0.05, 0) is 19.3 Å². The third-order valence-electron chi connectivity index (χ3n) is 7.48. The lowest BCUT2D eigenvalue weighted by Crippen LogP contribution is -2.47. The van der Waals surface area contributed by atoms with E-state index in [-0.39, 0.29) is 43.5 Å². The van der Waals surface area contributed by atoms with Crippen LogP contribution in [0.15, 0.2) is 4.99 Å². The van der Waals surface area contributed by atoms with E-state index in [1.54, 1.807) is 6.92 Å². The van der Waals surface area contributed by atoms with E-state index in [0.717, 1.165) is 19.3 Å². The van der Waals surface area contributed by atoms with Crippen molar-refractivity contribution in [2.45, 2.75) is 148 Å². The van der Waals surface area contributed by atoms with Gasteiger partial charge >= 0.3 is 0 Å². The molecular formula is C32H60N6O6. The van der Waals surface area contributed by atoms with E-state index in [9.17, 15) is 29.1 Å². The van der Waals surface area contributed by atoms with Gasteiger partial charge in [0.05, 0.1) is 19.2 Å². The van der Waals surface area contributed by atoms with Crippen LogP contribution in [0, 0.1) is 0 Å². The number of guanidine groups is 1. The average molecular weight is 625 g/mol. The summed E-state index contributed by atoms with van der Waals surface area (Å²) in [7, 11) is 0. The number of aliphatic hydroxyl groups is 1. The van der Waals surface area contributed by atoms with Crippen LogP contribution >= 0.6 is 0 Å². The Balaban J connectivity index is 4.14. The Morgan fingerprint density at radius 3 is 1.70 bits per heavy atom. The van der Waals surface area contributed by atoms with Gasteiger partial charge < -0.3 is 32.5 Å². The summed E-state index contributed by atoms with van der Waals surface area (Å²) in [5, 5.41) is 17.2. The Kier molecular flexibility index (Phi) is 25.6. The van der Waals surface area contributed by atoms with Crippen LogP contribution in [0.5, 0.6) is 0 Å². The molecule has 12 nitrogen and oxygen atoms in total. The first-order chi connectivity index (χ1) is 21.1. The maximum Gasteiger partial charge on any atom is 0.240 e. The smallest absolute Gasteiger partial charge is 0.240 e. The fraction of sp³-hybridized carbons (Fsp3) is 0.812. The van der Waals surface area contributed by atoms with Gasteiger partial charge in [0.1, 0.15) is 6.04 Å². The molecule has 44 heavy (non-hydrogen) atoms. The van der Waals surface area contributed by atoms with Gasteiger partial charge in [-0.2, -0.15) is 0 Å². The number of rotatable bonds is 29. The summed E-state index contributed by atoms with van der Waals surface area (Å²) in [6.07, 6.45) is 16.8. The molecule has 0 radical (unpaired) electrons. The van der Waals surface area contributed by atoms with Gasteiger partial charge in [0, 0.05) is 32.2 Å². The molecule has 0 rings (SSSR count). The minimum absolute atomic E-state index is 0.0520. The quantitative estimate of drug-likeness (QED) is 0.0413. The zero-order chi connectivity index (χ0) is 33.0. The predicted molar refractivity (Wildman–Crippen MR) is 174 cm³/mol. The fourth-order valence-electron chi connectivity index (χ4n) is 4.78. The molecule has 254 valence electrons. The predicted octanol–water partition coefficient (Wildman–Crippen LogP) is 2.93. The van der Waals surface area contributed by atoms with Gasteiger partial charge in [-0.25, -0.2) is 0 Å². The van der Waals surface area contributed by atoms with Crippen molar-refractivity contribution in [2.24, 2.45) is 16.5 Å². The molecule has 0 saturated carbocycles. The van der Waals surface area contributed by atoms with Gasteiger partial charge in [0.25, 0.3) is 0 Å². The van der Waals surface area contributed by atoms with Gasteiger partial charge in [0.2, 0.25) is 17.7 Å². The molecule has 0 fully saturated rings. The van der Waals surface area contributed by atoms with Crippen molar-refractivity contribution in [1.82, 2.24) is 16.0 Å². The van der Waals surface area contributed by atoms with E-state index in [2.05, 4.69) is 27.9 Å². The Morgan fingerprint density at radius 1 is 0.636 bits per heavy atom. The third kappa shape index (κ3) is 23.4. The molecule has 0 aromatic carbocycles. The Hall–Kier alpha value is -3.02. The lowest BCUT2D eigenvalue weighted by molar-refractivity contribution is -0.131. The van der Waals surface area contributed by atoms with Crippen molar-refractivity contribution in [2.75, 3.05) is 19.7 Å². The monoisotopic (exact) mass is 624 g/mol. The molecule has 2 atom stereocenters. The van der Waals surface area contributed by atoms with Crippen LogP contribution in [0.25, 0.3) is 0 Å². The molecule has 0 heterocycles. The average Bonchev–Trinajstić information content (AvgIpc) is 3.00. The van der Waals surface area contributed by atoms with Crippen molar-refractivity contribution >= 4 is 35.2 Å². The molecule has 0 unspecified atom stereocenters. The number of aliphatic imine (C=N–C) groups is 1. The Morgan fingerprint density at radius 2 is 1.18 bits per heavy atom. The van der Waals surface area contributed by atoms with E-state index >= 15 is 0 Å². The summed E-state index contributed by atoms with van der Waals surface area (Å²) in [4.78, 5) is 65.3. The van der Waals surface area contributed by atoms with Gasteiger partial charge in [-0.1, -0.05) is 90.9 Å². The third-order valence-corrected chi connectivity index (χ3v) is 7.48. The summed E-state index contributed by atoms with van der Waals surface area (Å²) in [6, 6.07) is -1.91. The first-order valence-corrected chi connectivity index (χ1v) is 16.7. The number of nitrogens with one attached hydrogen (secondary N) is 3. The molecule has 0 bridgehead atoms. The van der Waals surface area contributed by atoms with Crippen molar-refractivity contribution in [3.05, 3.63) is 0 Å². The van der Waals surface area contributed by atoms with E-state index in [1.165, 1.54) is 64.2 Å². The molecule has 12 heteroatoms. The molecule has 0 aliphatic carbocycles. The fourth-order valence-corrected chi connectivity index (χ4v) is 4.78. The molecule has 0 aliphatic heterocycles. The standard InChI is InChI=1S/C32H60N6O6/c1-3-5-6-7-8-9-10-11-12-13-14-15-16-19-29(42)36-23-31(44)38-26(24-39)28(41)20-21-30(43)37-25(27(40)4-2)18-17-22-35-32(33)34/h25-26,39H,3-24H2,1-2H3,(H,36,42)(H,37,43)(H,38,44)(H4,33,34,35)/t25-,26-/m0/s1. The van der Waals surface area contributed by atoms with Crippen molar-refractivity contribution in [3.8, 4) is 0 Å². The van der Waals surface area contributed by atoms with Crippen LogP contribution in [0.4, 0.5) is 0 Å². The molecule has 8 N–H and O–H groups in total. The number of carbonyl (C=O) groups is 5. The second kappa shape index (κ2) is 27.5. The van der Waals surface area contributed by atoms with E-state index < -0.39 is 36.3 Å². The SMILES string of the molecule is CCCCCCCCCCCCCCCC(=O)NCC(=O)N[C@@H](CO)C(=O)CCC(=O)N[C@@H](CCCN=C(N)N)C(=O)CC. The molecule has 0 aliphatic rings. The number of Topliss-reactive ketones (excluding diaryl/α,β-unsaturated/α-hetero) is 2. The van der Waals surface area contributed by atoms with E-state index in [1.807, 2.05) is 0 Å². The molecule has 0 spiro atoms. The lowest BCUT2D eigenvalue weighted by Gasteiger charge is -2.18. The van der Waals surface area contributed by atoms with E-state index in [0.29, 0.717) is 25.8 Å². The zero-order valence-corrected chi connectivity index (χ0v) is 27.3. The number of hydrogen-bond donors (Lipinski definition) is 6. The van der Waals surface area contributed by atoms with Gasteiger partial charge in [-0.15, -0.1) is 0 Å². The van der Waals surface area contributed by atoms with Crippen molar-refractivity contribution < 1.29 is 29.1 Å². The molecule has 3 amide bonds. The first kappa shape index (κ1) is 41.0. The highest BCUT2D eigenvalue weighted by atomic mass is 16.3. The second-order valence-corrected chi connectivity index (χ2v) is 11.4. The van der Waals surface area contributed by atoms with Crippen LogP contribution in [0.2, 0.25) is 0 Å². The van der Waals surface area contributed by atoms with Crippen LogP contribution in [-0.2, 0) is 24.0 Å². The molecule has 0 saturated heterocycles. The van der Waals surface area contributed by atoms with Gasteiger partial charge in [-0.3, -0.25) is 29.0 Å². The number of nitrogens with zero attached hydrogens (tertiary/aromatic N) is 1. The minimum atomic E-state index is -1.19. The topological polar surface area (TPSA) is 206 Å². The summed E-state index contributed by atoms with van der Waals surface area (Å²) in [6.45, 7) is 3.31. The number of amides is 3. The summed E-state index contributed by atoms with van der Waals surface area (Å²) in [5.74, 6) is -2.05. The normalized spacial score (nSPS) is 12.2. The van der Waals surface area contributed by atoms with E-state index in [4.69, 9.17) is 11.5 Å². The minimum Gasteiger partial charge on any atom is -0.394 e. The zero-order valence-electron chi connectivity index (χ0n) is 27.3. The Labute approximate surface area is 264 Å². The second-order valence-electron chi connectivity index (χ2n) is 11.4. The highest BCUT2D eigenvalue weighted by Crippen LogP contribution is 2.13. The lowest BCUT2D eigenvalue weighted by atomic mass is 10.0. The summed E-state index contributed by atoms with van der Waals surface area (Å²) in [5.41, 5.74) is 10.6. The number of ketones is 2. The van der Waals surface area contributed by atoms with Gasteiger partial charge in [0.15, 0.2) is 17.5 Å². The van der Waals surface area contributed by atoms with Crippen LogP contribution < -0.4 is 27.4 Å². The maximum absolute atomic E-state index is 12.5. The highest BCUT2D eigenvalue weighted by Gasteiger charge is 2.23. The number of hydrogen-bond acceptors (Lipinski definition) is 7. The van der Waals surface area contributed by atoms with Crippen molar-refractivity contribution in [1.29, 1.82) is 0 Å². The van der Waals surface area contributed by atoms with Crippen molar-refractivity contribution in [3.63, 3.8) is 0 Å². The largest absolute Gasteiger partial charge is 0.394 e. The number of carbonyl (C=O) groups excluding carboxylic acids is 5. The van der Waals surface area contributed by atoms with Crippen LogP contribution in [0.3, 0.4) is 0 Å². The molecule has 0 aromatic heterocycles.